The molecule has 0 fully saturated rings. The Labute approximate surface area is 92.2 Å². The normalized spacial score (nSPS) is 19.9. The molecule has 4 heteroatoms. The third-order valence-electron chi connectivity index (χ3n) is 2.71. The van der Waals surface area contributed by atoms with Crippen molar-refractivity contribution < 1.29 is 0 Å². The third kappa shape index (κ3) is 1.56. The molecular formula is C11H11N3S. The summed E-state index contributed by atoms with van der Waals surface area (Å²) in [5.41, 5.74) is 2.54. The zero-order valence-electron chi connectivity index (χ0n) is 8.18. The minimum Gasteiger partial charge on any atom is -0.306 e. The second-order valence-electron chi connectivity index (χ2n) is 3.61. The van der Waals surface area contributed by atoms with Gasteiger partial charge in [-0.15, -0.1) is 11.3 Å². The Hall–Kier alpha value is -1.26. The first kappa shape index (κ1) is 9.00. The average molecular weight is 217 g/mol. The fourth-order valence-electron chi connectivity index (χ4n) is 2.01. The SMILES string of the molecule is c1ncc(C2NCCc3sccc32)cn1. The summed E-state index contributed by atoms with van der Waals surface area (Å²) in [4.78, 5) is 9.63. The Morgan fingerprint density at radius 3 is 3.07 bits per heavy atom. The lowest BCUT2D eigenvalue weighted by atomic mass is 9.98. The summed E-state index contributed by atoms with van der Waals surface area (Å²) in [7, 11) is 0. The summed E-state index contributed by atoms with van der Waals surface area (Å²) >= 11 is 1.84. The van der Waals surface area contributed by atoms with Crippen molar-refractivity contribution in [3.63, 3.8) is 0 Å². The first-order chi connectivity index (χ1) is 7.45. The fourth-order valence-corrected chi connectivity index (χ4v) is 2.93. The van der Waals surface area contributed by atoms with Gasteiger partial charge in [0.15, 0.2) is 0 Å². The van der Waals surface area contributed by atoms with Gasteiger partial charge >= 0.3 is 0 Å². The summed E-state index contributed by atoms with van der Waals surface area (Å²) in [6, 6.07) is 2.48. The molecule has 1 atom stereocenters. The molecule has 1 unspecified atom stereocenters. The molecule has 15 heavy (non-hydrogen) atoms. The molecule has 2 aromatic heterocycles. The van der Waals surface area contributed by atoms with Crippen molar-refractivity contribution in [3.05, 3.63) is 46.2 Å². The van der Waals surface area contributed by atoms with E-state index >= 15 is 0 Å². The maximum atomic E-state index is 4.07. The summed E-state index contributed by atoms with van der Waals surface area (Å²) in [6.45, 7) is 1.03. The molecule has 3 heterocycles. The highest BCUT2D eigenvalue weighted by molar-refractivity contribution is 7.10. The maximum absolute atomic E-state index is 4.07. The van der Waals surface area contributed by atoms with Crippen molar-refractivity contribution in [3.8, 4) is 0 Å². The Kier molecular flexibility index (Phi) is 2.23. The van der Waals surface area contributed by atoms with Gasteiger partial charge in [-0.25, -0.2) is 9.97 Å². The van der Waals surface area contributed by atoms with Gasteiger partial charge in [0.25, 0.3) is 0 Å². The smallest absolute Gasteiger partial charge is 0.115 e. The molecule has 0 aromatic carbocycles. The topological polar surface area (TPSA) is 37.8 Å². The molecule has 0 spiro atoms. The maximum Gasteiger partial charge on any atom is 0.115 e. The quantitative estimate of drug-likeness (QED) is 0.791. The largest absolute Gasteiger partial charge is 0.306 e. The van der Waals surface area contributed by atoms with Crippen LogP contribution >= 0.6 is 11.3 Å². The number of rotatable bonds is 1. The van der Waals surface area contributed by atoms with E-state index in [-0.39, 0.29) is 6.04 Å². The molecular weight excluding hydrogens is 206 g/mol. The lowest BCUT2D eigenvalue weighted by molar-refractivity contribution is 0.571. The molecule has 0 bridgehead atoms. The van der Waals surface area contributed by atoms with Gasteiger partial charge in [-0.1, -0.05) is 0 Å². The Morgan fingerprint density at radius 1 is 1.33 bits per heavy atom. The van der Waals surface area contributed by atoms with Gasteiger partial charge in [0.05, 0.1) is 6.04 Å². The van der Waals surface area contributed by atoms with Crippen LogP contribution in [-0.2, 0) is 6.42 Å². The van der Waals surface area contributed by atoms with Crippen LogP contribution < -0.4 is 5.32 Å². The molecule has 0 radical (unpaired) electrons. The second-order valence-corrected chi connectivity index (χ2v) is 4.61. The van der Waals surface area contributed by atoms with E-state index in [4.69, 9.17) is 0 Å². The van der Waals surface area contributed by atoms with E-state index in [0.29, 0.717) is 0 Å². The van der Waals surface area contributed by atoms with Crippen molar-refractivity contribution in [1.29, 1.82) is 0 Å². The van der Waals surface area contributed by atoms with Gasteiger partial charge in [0, 0.05) is 29.4 Å². The first-order valence-corrected chi connectivity index (χ1v) is 5.87. The molecule has 0 amide bonds. The van der Waals surface area contributed by atoms with Crippen molar-refractivity contribution in [2.45, 2.75) is 12.5 Å². The highest BCUT2D eigenvalue weighted by Gasteiger charge is 2.22. The summed E-state index contributed by atoms with van der Waals surface area (Å²) in [5, 5.41) is 5.67. The minimum absolute atomic E-state index is 0.279. The first-order valence-electron chi connectivity index (χ1n) is 5.00. The number of fused-ring (bicyclic) bond motifs is 1. The van der Waals surface area contributed by atoms with Crippen LogP contribution in [0.2, 0.25) is 0 Å². The second kappa shape index (κ2) is 3.72. The van der Waals surface area contributed by atoms with Gasteiger partial charge in [-0.05, 0) is 23.4 Å². The van der Waals surface area contributed by atoms with Gasteiger partial charge < -0.3 is 5.32 Å². The highest BCUT2D eigenvalue weighted by Crippen LogP contribution is 2.31. The lowest BCUT2D eigenvalue weighted by Crippen LogP contribution is -2.29. The van der Waals surface area contributed by atoms with Crippen molar-refractivity contribution in [1.82, 2.24) is 15.3 Å². The highest BCUT2D eigenvalue weighted by atomic mass is 32.1. The fraction of sp³-hybridized carbons (Fsp3) is 0.273. The van der Waals surface area contributed by atoms with Crippen LogP contribution in [0.15, 0.2) is 30.2 Å². The van der Waals surface area contributed by atoms with E-state index in [9.17, 15) is 0 Å². The predicted octanol–water partition coefficient (Wildman–Crippen LogP) is 1.77. The van der Waals surface area contributed by atoms with Crippen molar-refractivity contribution in [2.75, 3.05) is 6.54 Å². The molecule has 76 valence electrons. The number of hydrogen-bond acceptors (Lipinski definition) is 4. The van der Waals surface area contributed by atoms with Crippen LogP contribution in [0.25, 0.3) is 0 Å². The van der Waals surface area contributed by atoms with Gasteiger partial charge in [0.1, 0.15) is 6.33 Å². The van der Waals surface area contributed by atoms with Gasteiger partial charge in [-0.2, -0.15) is 0 Å². The molecule has 0 aliphatic carbocycles. The van der Waals surface area contributed by atoms with Crippen LogP contribution in [0.3, 0.4) is 0 Å². The van der Waals surface area contributed by atoms with Crippen LogP contribution in [0.5, 0.6) is 0 Å². The standard InChI is InChI=1S/C11H11N3S/c1-3-14-11(8-5-12-7-13-6-8)9-2-4-15-10(1)9/h2,4-7,11,14H,1,3H2. The van der Waals surface area contributed by atoms with Crippen LogP contribution in [0.1, 0.15) is 22.0 Å². The Balaban J connectivity index is 2.03. The Bertz CT molecular complexity index is 452. The molecule has 3 nitrogen and oxygen atoms in total. The van der Waals surface area contributed by atoms with Gasteiger partial charge in [-0.3, -0.25) is 0 Å². The summed E-state index contributed by atoms with van der Waals surface area (Å²) < 4.78 is 0. The molecule has 1 aliphatic heterocycles. The number of nitrogens with zero attached hydrogens (tertiary/aromatic N) is 2. The summed E-state index contributed by atoms with van der Waals surface area (Å²) in [5.74, 6) is 0. The van der Waals surface area contributed by atoms with E-state index in [2.05, 4.69) is 26.7 Å². The lowest BCUT2D eigenvalue weighted by Gasteiger charge is -2.23. The number of hydrogen-bond donors (Lipinski definition) is 1. The molecule has 0 saturated heterocycles. The molecule has 1 N–H and O–H groups in total. The summed E-state index contributed by atoms with van der Waals surface area (Å²) in [6.07, 6.45) is 6.48. The molecule has 3 rings (SSSR count). The molecule has 2 aromatic rings. The number of nitrogens with one attached hydrogen (secondary N) is 1. The average Bonchev–Trinajstić information content (AvgIpc) is 2.78. The van der Waals surface area contributed by atoms with E-state index in [1.165, 1.54) is 10.4 Å². The van der Waals surface area contributed by atoms with E-state index in [0.717, 1.165) is 18.5 Å². The van der Waals surface area contributed by atoms with Crippen molar-refractivity contribution >= 4 is 11.3 Å². The zero-order valence-corrected chi connectivity index (χ0v) is 9.00. The predicted molar refractivity (Wildman–Crippen MR) is 59.9 cm³/mol. The van der Waals surface area contributed by atoms with Crippen LogP contribution in [0.4, 0.5) is 0 Å². The van der Waals surface area contributed by atoms with Gasteiger partial charge in [0.2, 0.25) is 0 Å². The number of aromatic nitrogens is 2. The Morgan fingerprint density at radius 2 is 2.20 bits per heavy atom. The van der Waals surface area contributed by atoms with E-state index in [1.807, 2.05) is 23.7 Å². The van der Waals surface area contributed by atoms with E-state index < -0.39 is 0 Å². The number of thiophene rings is 1. The monoisotopic (exact) mass is 217 g/mol. The third-order valence-corrected chi connectivity index (χ3v) is 3.70. The minimum atomic E-state index is 0.279. The van der Waals surface area contributed by atoms with Crippen molar-refractivity contribution in [2.24, 2.45) is 0 Å². The van der Waals surface area contributed by atoms with Crippen LogP contribution in [0, 0.1) is 0 Å². The van der Waals surface area contributed by atoms with E-state index in [1.54, 1.807) is 6.33 Å². The molecule has 0 saturated carbocycles. The zero-order chi connectivity index (χ0) is 10.1. The van der Waals surface area contributed by atoms with Crippen LogP contribution in [-0.4, -0.2) is 16.5 Å². The molecule has 1 aliphatic rings.